The second-order valence-electron chi connectivity index (χ2n) is 1.29. The molecule has 0 saturated carbocycles. The van der Waals surface area contributed by atoms with Gasteiger partial charge in [-0.2, -0.15) is 0 Å². The van der Waals surface area contributed by atoms with Crippen LogP contribution in [0, 0.1) is 0 Å². The molecule has 0 aromatic rings. The Morgan fingerprint density at radius 3 is 1.71 bits per heavy atom. The van der Waals surface area contributed by atoms with Crippen LogP contribution in [-0.4, -0.2) is 19.3 Å². The smallest absolute Gasteiger partial charge is 0.197 e. The molecule has 0 saturated heterocycles. The van der Waals surface area contributed by atoms with Crippen LogP contribution in [0.25, 0.3) is 0 Å². The topological polar surface area (TPSA) is 21.5 Å². The first-order valence-corrected chi connectivity index (χ1v) is 2.07. The lowest BCUT2D eigenvalue weighted by Crippen LogP contribution is -3.07. The zero-order valence-electron chi connectivity index (χ0n) is 4.19. The first-order chi connectivity index (χ1) is 2.64. The maximum atomic E-state index is 9.92. The average molecular weight is 141 g/mol. The summed E-state index contributed by atoms with van der Waals surface area (Å²) in [5, 5.41) is -0.241. The number of halogens is 1. The molecule has 2 nitrogen and oxygen atoms in total. The summed E-state index contributed by atoms with van der Waals surface area (Å²) in [6.45, 7) is 0. The predicted octanol–water partition coefficient (Wildman–Crippen LogP) is -4.20. The third-order valence-corrected chi connectivity index (χ3v) is 0.816. The maximum absolute atomic E-state index is 9.92. The Kier molecular flexibility index (Phi) is 6.26. The predicted molar refractivity (Wildman–Crippen MR) is 25.6 cm³/mol. The molecule has 0 fully saturated rings. The van der Waals surface area contributed by atoms with E-state index in [9.17, 15) is 4.79 Å². The van der Waals surface area contributed by atoms with Crippen LogP contribution in [0.15, 0.2) is 0 Å². The number of amides is 1. The Labute approximate surface area is 54.7 Å². The molecule has 44 valence electrons. The summed E-state index contributed by atoms with van der Waals surface area (Å²) >= 11 is 4.23. The zero-order valence-corrected chi connectivity index (χ0v) is 5.77. The largest absolute Gasteiger partial charge is 1.00 e. The average Bonchev–Trinajstić information content (AvgIpc) is 1.36. The minimum atomic E-state index is -0.241. The van der Waals surface area contributed by atoms with Gasteiger partial charge in [-0.3, -0.25) is 9.69 Å². The lowest BCUT2D eigenvalue weighted by atomic mass is 11.0. The van der Waals surface area contributed by atoms with Gasteiger partial charge in [0.25, 0.3) is 0 Å². The van der Waals surface area contributed by atoms with E-state index in [-0.39, 0.29) is 17.6 Å². The molecule has 0 heterocycles. The molecule has 0 aromatic heterocycles. The van der Waals surface area contributed by atoms with Gasteiger partial charge in [0.15, 0.2) is 5.24 Å². The van der Waals surface area contributed by atoms with Crippen molar-refractivity contribution in [1.29, 1.82) is 0 Å². The second kappa shape index (κ2) is 4.30. The highest BCUT2D eigenvalue weighted by Gasteiger charge is 1.84. The number of carbonyl (C=O) groups excluding carboxylic acids is 1. The van der Waals surface area contributed by atoms with Crippen LogP contribution in [0.4, 0.5) is 4.79 Å². The maximum Gasteiger partial charge on any atom is 0.197 e. The molecule has 1 amide bonds. The zero-order chi connectivity index (χ0) is 5.15. The monoisotopic (exact) mass is 140 g/mol. The number of nitrogens with one attached hydrogen (secondary N) is 1. The normalized spacial score (nSPS) is 7.86. The molecule has 0 aliphatic carbocycles. The molecule has 0 radical (unpaired) electrons. The van der Waals surface area contributed by atoms with Gasteiger partial charge < -0.3 is 25.0 Å². The Morgan fingerprint density at radius 2 is 1.71 bits per heavy atom. The highest BCUT2D eigenvalue weighted by molar-refractivity contribution is 7.76. The van der Waals surface area contributed by atoms with Gasteiger partial charge >= 0.3 is 0 Å². The summed E-state index contributed by atoms with van der Waals surface area (Å²) < 4.78 is 0. The minimum absolute atomic E-state index is 0. The molecule has 7 heavy (non-hydrogen) atoms. The van der Waals surface area contributed by atoms with E-state index in [2.05, 4.69) is 12.6 Å². The van der Waals surface area contributed by atoms with Crippen LogP contribution in [0.3, 0.4) is 0 Å². The SMILES string of the molecule is C[NH+](C)C(=O)[S-].[Cl-]. The van der Waals surface area contributed by atoms with Crippen LogP contribution >= 0.6 is 0 Å². The van der Waals surface area contributed by atoms with Crippen molar-refractivity contribution in [2.45, 2.75) is 0 Å². The number of hydrogen-bond acceptors (Lipinski definition) is 2. The van der Waals surface area contributed by atoms with Gasteiger partial charge in [0.05, 0.1) is 14.1 Å². The molecular formula is C3H7ClNOS-. The first-order valence-electron chi connectivity index (χ1n) is 1.66. The van der Waals surface area contributed by atoms with E-state index in [0.717, 1.165) is 0 Å². The van der Waals surface area contributed by atoms with E-state index < -0.39 is 0 Å². The van der Waals surface area contributed by atoms with E-state index >= 15 is 0 Å². The Balaban J connectivity index is 0. The molecule has 1 N–H and O–H groups in total. The highest BCUT2D eigenvalue weighted by Crippen LogP contribution is 1.42. The van der Waals surface area contributed by atoms with Gasteiger partial charge in [0, 0.05) is 0 Å². The fourth-order valence-corrected chi connectivity index (χ4v) is 0. The van der Waals surface area contributed by atoms with Gasteiger partial charge in [-0.1, -0.05) is 0 Å². The minimum Gasteiger partial charge on any atom is -1.00 e. The Morgan fingerprint density at radius 1 is 1.57 bits per heavy atom. The molecule has 0 aliphatic rings. The number of rotatable bonds is 0. The van der Waals surface area contributed by atoms with Crippen molar-refractivity contribution < 1.29 is 22.1 Å². The second-order valence-corrected chi connectivity index (χ2v) is 1.66. The molecule has 0 aliphatic heterocycles. The van der Waals surface area contributed by atoms with Gasteiger partial charge in [-0.25, -0.2) is 0 Å². The summed E-state index contributed by atoms with van der Waals surface area (Å²) in [5.74, 6) is 0. The van der Waals surface area contributed by atoms with Crippen molar-refractivity contribution in [2.75, 3.05) is 14.1 Å². The summed E-state index contributed by atoms with van der Waals surface area (Å²) in [5.41, 5.74) is 0. The fraction of sp³-hybridized carbons (Fsp3) is 0.667. The van der Waals surface area contributed by atoms with Gasteiger partial charge in [0.1, 0.15) is 0 Å². The van der Waals surface area contributed by atoms with Crippen molar-refractivity contribution >= 4 is 17.9 Å². The lowest BCUT2D eigenvalue weighted by molar-refractivity contribution is -0.761. The van der Waals surface area contributed by atoms with Gasteiger partial charge in [-0.05, 0) is 0 Å². The van der Waals surface area contributed by atoms with Gasteiger partial charge in [0.2, 0.25) is 0 Å². The van der Waals surface area contributed by atoms with Gasteiger partial charge in [-0.15, -0.1) is 0 Å². The fourth-order valence-electron chi connectivity index (χ4n) is 0. The first kappa shape index (κ1) is 10.2. The molecule has 0 rings (SSSR count). The third kappa shape index (κ3) is 6.14. The van der Waals surface area contributed by atoms with Crippen LogP contribution < -0.4 is 17.3 Å². The van der Waals surface area contributed by atoms with E-state index in [4.69, 9.17) is 0 Å². The van der Waals surface area contributed by atoms with E-state index in [0.29, 0.717) is 4.90 Å². The number of carbonyl (C=O) groups is 1. The summed E-state index contributed by atoms with van der Waals surface area (Å²) in [7, 11) is 3.41. The molecule has 0 unspecified atom stereocenters. The lowest BCUT2D eigenvalue weighted by Gasteiger charge is -2.05. The summed E-state index contributed by atoms with van der Waals surface area (Å²) in [6.07, 6.45) is 0. The van der Waals surface area contributed by atoms with Crippen LogP contribution in [0.1, 0.15) is 0 Å². The van der Waals surface area contributed by atoms with Crippen molar-refractivity contribution in [3.63, 3.8) is 0 Å². The quantitative estimate of drug-likeness (QED) is 0.345. The van der Waals surface area contributed by atoms with Crippen LogP contribution in [0.5, 0.6) is 0 Å². The van der Waals surface area contributed by atoms with E-state index in [1.807, 2.05) is 0 Å². The molecule has 0 spiro atoms. The molecular weight excluding hydrogens is 134 g/mol. The van der Waals surface area contributed by atoms with E-state index in [1.165, 1.54) is 0 Å². The third-order valence-electron chi connectivity index (χ3n) is 0.408. The molecule has 0 aromatic carbocycles. The molecule has 0 bridgehead atoms. The number of hydrogen-bond donors (Lipinski definition) is 1. The standard InChI is InChI=1S/C3H7NOS.ClH/c1-4(2)3(5)6;/h1-2H3,(H,5,6);1H/p-1. The molecule has 4 heteroatoms. The van der Waals surface area contributed by atoms with Crippen molar-refractivity contribution in [1.82, 2.24) is 0 Å². The Hall–Kier alpha value is 0.140. The van der Waals surface area contributed by atoms with Crippen molar-refractivity contribution in [2.24, 2.45) is 0 Å². The highest BCUT2D eigenvalue weighted by atomic mass is 35.5. The Bertz CT molecular complexity index is 66.0. The van der Waals surface area contributed by atoms with Crippen molar-refractivity contribution in [3.05, 3.63) is 0 Å². The summed E-state index contributed by atoms with van der Waals surface area (Å²) in [4.78, 5) is 10.6. The van der Waals surface area contributed by atoms with Crippen molar-refractivity contribution in [3.8, 4) is 0 Å². The van der Waals surface area contributed by atoms with Crippen LogP contribution in [0.2, 0.25) is 0 Å². The summed E-state index contributed by atoms with van der Waals surface area (Å²) in [6, 6.07) is 0. The van der Waals surface area contributed by atoms with E-state index in [1.54, 1.807) is 14.1 Å². The number of quaternary nitrogens is 1. The van der Waals surface area contributed by atoms with Crippen LogP contribution in [-0.2, 0) is 12.6 Å². The molecule has 0 atom stereocenters.